The third kappa shape index (κ3) is 4.49. The first-order valence-electron chi connectivity index (χ1n) is 4.76. The van der Waals surface area contributed by atoms with Crippen molar-refractivity contribution in [3.05, 3.63) is 0 Å². The Hall–Kier alpha value is 0.01000. The lowest BCUT2D eigenvalue weighted by atomic mass is 10.2. The number of amides is 1. The lowest BCUT2D eigenvalue weighted by molar-refractivity contribution is -0.132. The highest BCUT2D eigenvalue weighted by atomic mass is 35.5. The van der Waals surface area contributed by atoms with Crippen LogP contribution in [0.1, 0.15) is 12.8 Å². The molecule has 0 atom stereocenters. The molecule has 84 valence electrons. The molecule has 14 heavy (non-hydrogen) atoms. The molecule has 1 saturated heterocycles. The number of hydrogen-bond acceptors (Lipinski definition) is 2. The quantitative estimate of drug-likeness (QED) is 0.693. The molecular weight excluding hydrogens is 223 g/mol. The Bertz CT molecular complexity index is 170. The van der Waals surface area contributed by atoms with Crippen molar-refractivity contribution in [3.8, 4) is 0 Å². The molecule has 0 aromatic heterocycles. The summed E-state index contributed by atoms with van der Waals surface area (Å²) in [5, 5.41) is 0. The Labute approximate surface area is 96.8 Å². The van der Waals surface area contributed by atoms with E-state index in [1.165, 1.54) is 0 Å². The maximum atomic E-state index is 11.5. The van der Waals surface area contributed by atoms with Crippen molar-refractivity contribution in [1.82, 2.24) is 9.80 Å². The lowest BCUT2D eigenvalue weighted by Gasteiger charge is -2.32. The molecule has 0 aromatic carbocycles. The van der Waals surface area contributed by atoms with E-state index in [-0.39, 0.29) is 18.3 Å². The van der Waals surface area contributed by atoms with E-state index >= 15 is 0 Å². The van der Waals surface area contributed by atoms with Crippen LogP contribution in [0.15, 0.2) is 0 Å². The van der Waals surface area contributed by atoms with E-state index in [0.717, 1.165) is 32.6 Å². The molecule has 0 spiro atoms. The van der Waals surface area contributed by atoms with Crippen molar-refractivity contribution in [1.29, 1.82) is 0 Å². The second-order valence-electron chi connectivity index (χ2n) is 3.48. The van der Waals surface area contributed by atoms with Crippen LogP contribution < -0.4 is 0 Å². The highest BCUT2D eigenvalue weighted by Gasteiger charge is 2.17. The fourth-order valence-corrected chi connectivity index (χ4v) is 1.57. The highest BCUT2D eigenvalue weighted by molar-refractivity contribution is 6.17. The average Bonchev–Trinajstić information content (AvgIpc) is 2.15. The summed E-state index contributed by atoms with van der Waals surface area (Å²) in [4.78, 5) is 15.7. The number of piperazine rings is 1. The predicted octanol–water partition coefficient (Wildman–Crippen LogP) is 1.20. The van der Waals surface area contributed by atoms with E-state index in [4.69, 9.17) is 11.6 Å². The summed E-state index contributed by atoms with van der Waals surface area (Å²) in [6.07, 6.45) is 1.40. The van der Waals surface area contributed by atoms with Gasteiger partial charge in [0.25, 0.3) is 0 Å². The molecule has 1 amide bonds. The van der Waals surface area contributed by atoms with Crippen LogP contribution >= 0.6 is 24.0 Å². The molecule has 0 aromatic rings. The van der Waals surface area contributed by atoms with Crippen LogP contribution in [0.25, 0.3) is 0 Å². The number of rotatable bonds is 3. The maximum Gasteiger partial charge on any atom is 0.222 e. The van der Waals surface area contributed by atoms with Gasteiger partial charge in [0.15, 0.2) is 0 Å². The van der Waals surface area contributed by atoms with Gasteiger partial charge in [-0.15, -0.1) is 24.0 Å². The summed E-state index contributed by atoms with van der Waals surface area (Å²) in [6, 6.07) is 0. The zero-order chi connectivity index (χ0) is 9.68. The van der Waals surface area contributed by atoms with E-state index < -0.39 is 0 Å². The molecule has 0 radical (unpaired) electrons. The fourth-order valence-electron chi connectivity index (χ4n) is 1.43. The van der Waals surface area contributed by atoms with Gasteiger partial charge in [-0.05, 0) is 13.5 Å². The van der Waals surface area contributed by atoms with Gasteiger partial charge in [0.1, 0.15) is 0 Å². The zero-order valence-corrected chi connectivity index (χ0v) is 10.1. The second kappa shape index (κ2) is 7.32. The second-order valence-corrected chi connectivity index (χ2v) is 3.85. The number of halogens is 2. The van der Waals surface area contributed by atoms with E-state index in [2.05, 4.69) is 11.9 Å². The summed E-state index contributed by atoms with van der Waals surface area (Å²) in [6.45, 7) is 3.73. The lowest BCUT2D eigenvalue weighted by Crippen LogP contribution is -2.47. The van der Waals surface area contributed by atoms with Gasteiger partial charge in [-0.3, -0.25) is 4.79 Å². The van der Waals surface area contributed by atoms with E-state index in [0.29, 0.717) is 12.3 Å². The third-order valence-corrected chi connectivity index (χ3v) is 2.65. The zero-order valence-electron chi connectivity index (χ0n) is 8.54. The summed E-state index contributed by atoms with van der Waals surface area (Å²) in [7, 11) is 2.08. The predicted molar refractivity (Wildman–Crippen MR) is 61.3 cm³/mol. The van der Waals surface area contributed by atoms with Gasteiger partial charge in [0.2, 0.25) is 5.91 Å². The monoisotopic (exact) mass is 240 g/mol. The van der Waals surface area contributed by atoms with Crippen LogP contribution in [-0.2, 0) is 4.79 Å². The van der Waals surface area contributed by atoms with E-state index in [9.17, 15) is 4.79 Å². The van der Waals surface area contributed by atoms with Gasteiger partial charge in [0, 0.05) is 38.5 Å². The van der Waals surface area contributed by atoms with Gasteiger partial charge in [0.05, 0.1) is 0 Å². The number of carbonyl (C=O) groups is 1. The molecule has 1 aliphatic heterocycles. The van der Waals surface area contributed by atoms with Crippen LogP contribution in [0.2, 0.25) is 0 Å². The first-order valence-corrected chi connectivity index (χ1v) is 5.30. The van der Waals surface area contributed by atoms with Crippen LogP contribution in [0.5, 0.6) is 0 Å². The Morgan fingerprint density at radius 1 is 1.29 bits per heavy atom. The molecule has 0 saturated carbocycles. The van der Waals surface area contributed by atoms with Crippen molar-refractivity contribution < 1.29 is 4.79 Å². The smallest absolute Gasteiger partial charge is 0.222 e. The molecule has 0 unspecified atom stereocenters. The summed E-state index contributed by atoms with van der Waals surface area (Å²) in [5.74, 6) is 0.841. The van der Waals surface area contributed by atoms with E-state index in [1.807, 2.05) is 4.90 Å². The SMILES string of the molecule is CN1CCN(C(=O)CCCCl)CC1.Cl. The van der Waals surface area contributed by atoms with Crippen LogP contribution in [0, 0.1) is 0 Å². The topological polar surface area (TPSA) is 23.6 Å². The van der Waals surface area contributed by atoms with Crippen molar-refractivity contribution in [2.45, 2.75) is 12.8 Å². The Morgan fingerprint density at radius 3 is 2.36 bits per heavy atom. The van der Waals surface area contributed by atoms with Crippen molar-refractivity contribution in [2.75, 3.05) is 39.1 Å². The van der Waals surface area contributed by atoms with Gasteiger partial charge in [-0.25, -0.2) is 0 Å². The van der Waals surface area contributed by atoms with Gasteiger partial charge < -0.3 is 9.80 Å². The first-order chi connectivity index (χ1) is 6.24. The van der Waals surface area contributed by atoms with Gasteiger partial charge >= 0.3 is 0 Å². The average molecular weight is 241 g/mol. The van der Waals surface area contributed by atoms with Gasteiger partial charge in [-0.1, -0.05) is 0 Å². The largest absolute Gasteiger partial charge is 0.340 e. The molecule has 3 nitrogen and oxygen atoms in total. The molecule has 1 rings (SSSR count). The Kier molecular flexibility index (Phi) is 7.33. The molecule has 0 bridgehead atoms. The normalized spacial score (nSPS) is 17.7. The number of nitrogens with zero attached hydrogens (tertiary/aromatic N) is 2. The van der Waals surface area contributed by atoms with E-state index in [1.54, 1.807) is 0 Å². The van der Waals surface area contributed by atoms with Crippen LogP contribution in [-0.4, -0.2) is 54.8 Å². The highest BCUT2D eigenvalue weighted by Crippen LogP contribution is 2.03. The van der Waals surface area contributed by atoms with Crippen LogP contribution in [0.4, 0.5) is 0 Å². The minimum Gasteiger partial charge on any atom is -0.340 e. The van der Waals surface area contributed by atoms with Crippen molar-refractivity contribution >= 4 is 29.9 Å². The third-order valence-electron chi connectivity index (χ3n) is 2.38. The summed E-state index contributed by atoms with van der Waals surface area (Å²) >= 11 is 5.53. The molecular formula is C9H18Cl2N2O. The summed E-state index contributed by atoms with van der Waals surface area (Å²) < 4.78 is 0. The minimum absolute atomic E-state index is 0. The van der Waals surface area contributed by atoms with Gasteiger partial charge in [-0.2, -0.15) is 0 Å². The van der Waals surface area contributed by atoms with Crippen molar-refractivity contribution in [2.24, 2.45) is 0 Å². The molecule has 1 fully saturated rings. The minimum atomic E-state index is 0. The standard InChI is InChI=1S/C9H17ClN2O.ClH/c1-11-5-7-12(8-6-11)9(13)3-2-4-10;/h2-8H2,1H3;1H. The van der Waals surface area contributed by atoms with Crippen molar-refractivity contribution in [3.63, 3.8) is 0 Å². The maximum absolute atomic E-state index is 11.5. The Balaban J connectivity index is 0.00000169. The van der Waals surface area contributed by atoms with Crippen LogP contribution in [0.3, 0.4) is 0 Å². The summed E-state index contributed by atoms with van der Waals surface area (Å²) in [5.41, 5.74) is 0. The molecule has 0 aliphatic carbocycles. The molecule has 5 heteroatoms. The molecule has 1 heterocycles. The molecule has 1 aliphatic rings. The number of alkyl halides is 1. The number of carbonyl (C=O) groups excluding carboxylic acids is 1. The fraction of sp³-hybridized carbons (Fsp3) is 0.889. The Morgan fingerprint density at radius 2 is 1.86 bits per heavy atom. The number of hydrogen-bond donors (Lipinski definition) is 0. The molecule has 0 N–H and O–H groups in total. The first kappa shape index (κ1) is 14.0. The number of likely N-dealkylation sites (N-methyl/N-ethyl adjacent to an activating group) is 1.